The fourth-order valence-electron chi connectivity index (χ4n) is 2.33. The summed E-state index contributed by atoms with van der Waals surface area (Å²) in [7, 11) is 1.86. The smallest absolute Gasteiger partial charge is 0.240 e. The van der Waals surface area contributed by atoms with Crippen molar-refractivity contribution in [1.82, 2.24) is 10.2 Å². The largest absolute Gasteiger partial charge is 0.381 e. The molecule has 0 radical (unpaired) electrons. The molecule has 4 nitrogen and oxygen atoms in total. The Bertz CT molecular complexity index is 214. The molecule has 14 heavy (non-hydrogen) atoms. The molecule has 0 aliphatic carbocycles. The third kappa shape index (κ3) is 1.77. The highest BCUT2D eigenvalue weighted by atomic mass is 16.5. The fraction of sp³-hybridized carbons (Fsp3) is 0.900. The molecule has 80 valence electrons. The number of carbonyl (C=O) groups is 1. The average Bonchev–Trinajstić information content (AvgIpc) is 2.61. The van der Waals surface area contributed by atoms with E-state index in [0.717, 1.165) is 39.0 Å². The highest BCUT2D eigenvalue weighted by Crippen LogP contribution is 2.20. The highest BCUT2D eigenvalue weighted by Gasteiger charge is 2.35. The zero-order chi connectivity index (χ0) is 9.97. The van der Waals surface area contributed by atoms with Crippen LogP contribution in [0.25, 0.3) is 0 Å². The van der Waals surface area contributed by atoms with Gasteiger partial charge in [-0.25, -0.2) is 0 Å². The minimum atomic E-state index is 0.0536. The van der Waals surface area contributed by atoms with Crippen LogP contribution >= 0.6 is 0 Å². The Balaban J connectivity index is 1.94. The van der Waals surface area contributed by atoms with Crippen molar-refractivity contribution in [2.75, 3.05) is 26.8 Å². The molecule has 2 rings (SSSR count). The summed E-state index contributed by atoms with van der Waals surface area (Å²) < 4.78 is 5.29. The highest BCUT2D eigenvalue weighted by molar-refractivity contribution is 5.84. The van der Waals surface area contributed by atoms with Crippen molar-refractivity contribution in [2.45, 2.75) is 31.3 Å². The second kappa shape index (κ2) is 4.28. The summed E-state index contributed by atoms with van der Waals surface area (Å²) in [5, 5.41) is 3.06. The predicted molar refractivity (Wildman–Crippen MR) is 53.0 cm³/mol. The molecule has 2 aliphatic heterocycles. The fourth-order valence-corrected chi connectivity index (χ4v) is 2.33. The lowest BCUT2D eigenvalue weighted by molar-refractivity contribution is -0.132. The van der Waals surface area contributed by atoms with Gasteiger partial charge in [-0.2, -0.15) is 0 Å². The molecule has 0 spiro atoms. The molecule has 1 amide bonds. The number of rotatable bonds is 2. The summed E-state index contributed by atoms with van der Waals surface area (Å²) in [6.45, 7) is 2.52. The minimum Gasteiger partial charge on any atom is -0.381 e. The zero-order valence-electron chi connectivity index (χ0n) is 8.66. The van der Waals surface area contributed by atoms with E-state index >= 15 is 0 Å². The molecule has 4 heteroatoms. The number of nitrogens with zero attached hydrogens (tertiary/aromatic N) is 1. The second-order valence-electron chi connectivity index (χ2n) is 4.01. The summed E-state index contributed by atoms with van der Waals surface area (Å²) in [4.78, 5) is 13.9. The van der Waals surface area contributed by atoms with Crippen molar-refractivity contribution < 1.29 is 9.53 Å². The Morgan fingerprint density at radius 1 is 1.36 bits per heavy atom. The lowest BCUT2D eigenvalue weighted by Crippen LogP contribution is -2.44. The van der Waals surface area contributed by atoms with E-state index in [2.05, 4.69) is 5.32 Å². The molecule has 2 saturated heterocycles. The van der Waals surface area contributed by atoms with Crippen LogP contribution in [0.1, 0.15) is 19.3 Å². The second-order valence-corrected chi connectivity index (χ2v) is 4.01. The van der Waals surface area contributed by atoms with Crippen LogP contribution in [0.4, 0.5) is 0 Å². The Kier molecular flexibility index (Phi) is 3.03. The number of amides is 1. The van der Waals surface area contributed by atoms with Crippen molar-refractivity contribution in [1.29, 1.82) is 0 Å². The van der Waals surface area contributed by atoms with Gasteiger partial charge in [-0.05, 0) is 26.3 Å². The first-order chi connectivity index (χ1) is 6.83. The van der Waals surface area contributed by atoms with Gasteiger partial charge in [0.25, 0.3) is 0 Å². The summed E-state index contributed by atoms with van der Waals surface area (Å²) in [6, 6.07) is 0.479. The van der Waals surface area contributed by atoms with Crippen LogP contribution < -0.4 is 5.32 Å². The quantitative estimate of drug-likeness (QED) is 0.678. The van der Waals surface area contributed by atoms with Crippen LogP contribution in [-0.2, 0) is 9.53 Å². The van der Waals surface area contributed by atoms with Gasteiger partial charge in [0.15, 0.2) is 0 Å². The van der Waals surface area contributed by atoms with Crippen LogP contribution in [0.15, 0.2) is 0 Å². The first kappa shape index (κ1) is 9.93. The molecule has 0 saturated carbocycles. The maximum absolute atomic E-state index is 11.9. The van der Waals surface area contributed by atoms with Crippen molar-refractivity contribution in [2.24, 2.45) is 0 Å². The Morgan fingerprint density at radius 3 is 2.64 bits per heavy atom. The average molecular weight is 198 g/mol. The minimum absolute atomic E-state index is 0.0536. The van der Waals surface area contributed by atoms with Gasteiger partial charge in [0.1, 0.15) is 0 Å². The molecule has 2 aliphatic rings. The van der Waals surface area contributed by atoms with Gasteiger partial charge in [0.05, 0.1) is 6.04 Å². The molecule has 0 aromatic heterocycles. The van der Waals surface area contributed by atoms with E-state index in [1.165, 1.54) is 0 Å². The summed E-state index contributed by atoms with van der Waals surface area (Å²) in [6.07, 6.45) is 2.96. The lowest BCUT2D eigenvalue weighted by Gasteiger charge is -2.31. The van der Waals surface area contributed by atoms with Gasteiger partial charge in [-0.15, -0.1) is 0 Å². The van der Waals surface area contributed by atoms with Gasteiger partial charge in [-0.1, -0.05) is 0 Å². The maximum atomic E-state index is 11.9. The van der Waals surface area contributed by atoms with Gasteiger partial charge >= 0.3 is 0 Å². The molecule has 1 N–H and O–H groups in total. The van der Waals surface area contributed by atoms with Gasteiger partial charge in [0.2, 0.25) is 5.91 Å². The van der Waals surface area contributed by atoms with Crippen LogP contribution in [0.3, 0.4) is 0 Å². The molecule has 0 bridgehead atoms. The van der Waals surface area contributed by atoms with Crippen molar-refractivity contribution in [3.8, 4) is 0 Å². The van der Waals surface area contributed by atoms with E-state index in [9.17, 15) is 4.79 Å². The van der Waals surface area contributed by atoms with Gasteiger partial charge in [-0.3, -0.25) is 4.79 Å². The SMILES string of the molecule is CNC1CCN(C2CCOCC2)C1=O. The standard InChI is InChI=1S/C10H18N2O2/c1-11-9-2-5-12(10(9)13)8-3-6-14-7-4-8/h8-9,11H,2-7H2,1H3. The number of carbonyl (C=O) groups excluding carboxylic acids is 1. The van der Waals surface area contributed by atoms with E-state index in [1.807, 2.05) is 11.9 Å². The Hall–Kier alpha value is -0.610. The molecule has 2 heterocycles. The molecular weight excluding hydrogens is 180 g/mol. The molecule has 1 atom stereocenters. The number of likely N-dealkylation sites (N-methyl/N-ethyl adjacent to an activating group) is 1. The van der Waals surface area contributed by atoms with E-state index in [1.54, 1.807) is 0 Å². The molecule has 0 aromatic carbocycles. The normalized spacial score (nSPS) is 29.9. The number of ether oxygens (including phenoxy) is 1. The third-order valence-corrected chi connectivity index (χ3v) is 3.22. The van der Waals surface area contributed by atoms with Crippen molar-refractivity contribution in [3.63, 3.8) is 0 Å². The number of hydrogen-bond acceptors (Lipinski definition) is 3. The van der Waals surface area contributed by atoms with Crippen molar-refractivity contribution >= 4 is 5.91 Å². The van der Waals surface area contributed by atoms with E-state index in [4.69, 9.17) is 4.74 Å². The van der Waals surface area contributed by atoms with Crippen LogP contribution in [0, 0.1) is 0 Å². The lowest BCUT2D eigenvalue weighted by atomic mass is 10.1. The monoisotopic (exact) mass is 198 g/mol. The van der Waals surface area contributed by atoms with E-state index in [-0.39, 0.29) is 11.9 Å². The summed E-state index contributed by atoms with van der Waals surface area (Å²) >= 11 is 0. The number of hydrogen-bond donors (Lipinski definition) is 1. The van der Waals surface area contributed by atoms with Crippen molar-refractivity contribution in [3.05, 3.63) is 0 Å². The van der Waals surface area contributed by atoms with Gasteiger partial charge in [0, 0.05) is 25.8 Å². The number of likely N-dealkylation sites (tertiary alicyclic amines) is 1. The molecule has 2 fully saturated rings. The van der Waals surface area contributed by atoms with Crippen LogP contribution in [-0.4, -0.2) is 49.7 Å². The first-order valence-corrected chi connectivity index (χ1v) is 5.38. The summed E-state index contributed by atoms with van der Waals surface area (Å²) in [5.74, 6) is 0.277. The van der Waals surface area contributed by atoms with E-state index < -0.39 is 0 Å². The zero-order valence-corrected chi connectivity index (χ0v) is 8.66. The van der Waals surface area contributed by atoms with Gasteiger partial charge < -0.3 is 15.0 Å². The topological polar surface area (TPSA) is 41.6 Å². The molecule has 0 aromatic rings. The van der Waals surface area contributed by atoms with Crippen LogP contribution in [0.5, 0.6) is 0 Å². The molecular formula is C10H18N2O2. The predicted octanol–water partition coefficient (Wildman–Crippen LogP) is -0.0143. The number of nitrogens with one attached hydrogen (secondary N) is 1. The van der Waals surface area contributed by atoms with E-state index in [0.29, 0.717) is 6.04 Å². The third-order valence-electron chi connectivity index (χ3n) is 3.22. The summed E-state index contributed by atoms with van der Waals surface area (Å²) in [5.41, 5.74) is 0. The van der Waals surface area contributed by atoms with Crippen LogP contribution in [0.2, 0.25) is 0 Å². The first-order valence-electron chi connectivity index (χ1n) is 5.38. The Labute approximate surface area is 84.6 Å². The molecule has 1 unspecified atom stereocenters. The maximum Gasteiger partial charge on any atom is 0.240 e. The Morgan fingerprint density at radius 2 is 2.07 bits per heavy atom.